The van der Waals surface area contributed by atoms with Crippen LogP contribution in [0.25, 0.3) is 10.2 Å². The van der Waals surface area contributed by atoms with Gasteiger partial charge in [-0.15, -0.1) is 0 Å². The maximum atomic E-state index is 13.2. The van der Waals surface area contributed by atoms with Gasteiger partial charge in [-0.2, -0.15) is 4.31 Å². The van der Waals surface area contributed by atoms with E-state index in [0.717, 1.165) is 30.2 Å². The Bertz CT molecular complexity index is 1170. The number of piperazine rings is 1. The number of carbonyl (C=O) groups is 1. The monoisotopic (exact) mass is 470 g/mol. The zero-order valence-corrected chi connectivity index (χ0v) is 19.4. The SMILES string of the molecule is O=C(C1CCCN(S(=O)(=O)c2ccccc2)C1)N1CCN(c2nc3ccccc3s2)CC1. The van der Waals surface area contributed by atoms with Crippen molar-refractivity contribution >= 4 is 42.6 Å². The number of piperidine rings is 1. The first kappa shape index (κ1) is 21.4. The Morgan fingerprint density at radius 2 is 1.66 bits per heavy atom. The van der Waals surface area contributed by atoms with E-state index in [0.29, 0.717) is 26.1 Å². The summed E-state index contributed by atoms with van der Waals surface area (Å²) in [6, 6.07) is 16.6. The topological polar surface area (TPSA) is 73.8 Å². The summed E-state index contributed by atoms with van der Waals surface area (Å²) in [5, 5.41) is 0.996. The molecule has 0 radical (unpaired) electrons. The fraction of sp³-hybridized carbons (Fsp3) is 0.391. The van der Waals surface area contributed by atoms with Gasteiger partial charge in [-0.05, 0) is 37.1 Å². The number of rotatable bonds is 4. The van der Waals surface area contributed by atoms with Crippen LogP contribution in [0.3, 0.4) is 0 Å². The van der Waals surface area contributed by atoms with Crippen molar-refractivity contribution in [2.75, 3.05) is 44.2 Å². The lowest BCUT2D eigenvalue weighted by Crippen LogP contribution is -2.53. The summed E-state index contributed by atoms with van der Waals surface area (Å²) in [6.07, 6.45) is 1.44. The molecule has 1 amide bonds. The van der Waals surface area contributed by atoms with Gasteiger partial charge in [-0.25, -0.2) is 13.4 Å². The molecule has 32 heavy (non-hydrogen) atoms. The van der Waals surface area contributed by atoms with E-state index in [-0.39, 0.29) is 23.3 Å². The van der Waals surface area contributed by atoms with Crippen molar-refractivity contribution < 1.29 is 13.2 Å². The molecule has 168 valence electrons. The molecule has 5 rings (SSSR count). The fourth-order valence-corrected chi connectivity index (χ4v) is 7.04. The number of hydrogen-bond donors (Lipinski definition) is 0. The first-order chi connectivity index (χ1) is 15.5. The van der Waals surface area contributed by atoms with Crippen molar-refractivity contribution in [3.63, 3.8) is 0 Å². The van der Waals surface area contributed by atoms with E-state index in [2.05, 4.69) is 11.0 Å². The summed E-state index contributed by atoms with van der Waals surface area (Å²) in [5.41, 5.74) is 1.01. The van der Waals surface area contributed by atoms with Gasteiger partial charge in [-0.3, -0.25) is 4.79 Å². The third-order valence-corrected chi connectivity index (χ3v) is 9.24. The lowest BCUT2D eigenvalue weighted by atomic mass is 9.98. The van der Waals surface area contributed by atoms with Crippen molar-refractivity contribution in [3.8, 4) is 0 Å². The summed E-state index contributed by atoms with van der Waals surface area (Å²) in [5.74, 6) is -0.210. The Kier molecular flexibility index (Phi) is 5.88. The van der Waals surface area contributed by atoms with E-state index in [1.807, 2.05) is 23.1 Å². The van der Waals surface area contributed by atoms with Crippen LogP contribution in [0.1, 0.15) is 12.8 Å². The quantitative estimate of drug-likeness (QED) is 0.586. The third kappa shape index (κ3) is 4.12. The Hall–Kier alpha value is -2.49. The van der Waals surface area contributed by atoms with Gasteiger partial charge < -0.3 is 9.80 Å². The second-order valence-corrected chi connectivity index (χ2v) is 11.2. The number of fused-ring (bicyclic) bond motifs is 1. The second kappa shape index (κ2) is 8.80. The second-order valence-electron chi connectivity index (χ2n) is 8.29. The largest absolute Gasteiger partial charge is 0.345 e. The lowest BCUT2D eigenvalue weighted by Gasteiger charge is -2.38. The van der Waals surface area contributed by atoms with E-state index in [1.165, 1.54) is 9.01 Å². The predicted molar refractivity (Wildman–Crippen MR) is 126 cm³/mol. The van der Waals surface area contributed by atoms with Crippen LogP contribution >= 0.6 is 11.3 Å². The highest BCUT2D eigenvalue weighted by atomic mass is 32.2. The average molecular weight is 471 g/mol. The van der Waals surface area contributed by atoms with E-state index in [1.54, 1.807) is 41.7 Å². The van der Waals surface area contributed by atoms with Crippen molar-refractivity contribution in [2.24, 2.45) is 5.92 Å². The van der Waals surface area contributed by atoms with E-state index < -0.39 is 10.0 Å². The van der Waals surface area contributed by atoms with Gasteiger partial charge in [-0.1, -0.05) is 41.7 Å². The summed E-state index contributed by atoms with van der Waals surface area (Å²) in [4.78, 5) is 22.4. The maximum Gasteiger partial charge on any atom is 0.243 e. The molecule has 0 bridgehead atoms. The predicted octanol–water partition coefficient (Wildman–Crippen LogP) is 3.05. The first-order valence-electron chi connectivity index (χ1n) is 11.0. The van der Waals surface area contributed by atoms with Gasteiger partial charge in [0.2, 0.25) is 15.9 Å². The normalized spacial score (nSPS) is 20.6. The molecule has 2 saturated heterocycles. The molecule has 2 aromatic carbocycles. The molecule has 2 fully saturated rings. The molecule has 7 nitrogen and oxygen atoms in total. The molecule has 1 aromatic heterocycles. The number of sulfonamides is 1. The van der Waals surface area contributed by atoms with E-state index in [9.17, 15) is 13.2 Å². The fourth-order valence-electron chi connectivity index (χ4n) is 4.48. The smallest absolute Gasteiger partial charge is 0.243 e. The minimum absolute atomic E-state index is 0.0712. The van der Waals surface area contributed by atoms with Crippen LogP contribution in [-0.4, -0.2) is 67.8 Å². The number of aromatic nitrogens is 1. The van der Waals surface area contributed by atoms with Gasteiger partial charge in [0.25, 0.3) is 0 Å². The van der Waals surface area contributed by atoms with Gasteiger partial charge in [0.05, 0.1) is 21.0 Å². The van der Waals surface area contributed by atoms with E-state index in [4.69, 9.17) is 4.98 Å². The Morgan fingerprint density at radius 1 is 0.938 bits per heavy atom. The number of para-hydroxylation sites is 1. The van der Waals surface area contributed by atoms with Gasteiger partial charge in [0, 0.05) is 39.3 Å². The van der Waals surface area contributed by atoms with Crippen LogP contribution in [0.2, 0.25) is 0 Å². The molecule has 1 unspecified atom stereocenters. The summed E-state index contributed by atoms with van der Waals surface area (Å²) < 4.78 is 28.6. The van der Waals surface area contributed by atoms with Crippen LogP contribution < -0.4 is 4.90 Å². The zero-order chi connectivity index (χ0) is 22.1. The Morgan fingerprint density at radius 3 is 2.41 bits per heavy atom. The molecule has 2 aliphatic rings. The summed E-state index contributed by atoms with van der Waals surface area (Å²) in [6.45, 7) is 3.47. The zero-order valence-electron chi connectivity index (χ0n) is 17.8. The molecular weight excluding hydrogens is 444 g/mol. The van der Waals surface area contributed by atoms with Crippen LogP contribution in [0.4, 0.5) is 5.13 Å². The van der Waals surface area contributed by atoms with E-state index >= 15 is 0 Å². The molecule has 2 aliphatic heterocycles. The summed E-state index contributed by atoms with van der Waals surface area (Å²) >= 11 is 1.68. The van der Waals surface area contributed by atoms with Crippen LogP contribution in [0.5, 0.6) is 0 Å². The van der Waals surface area contributed by atoms with Crippen molar-refractivity contribution in [3.05, 3.63) is 54.6 Å². The molecule has 0 N–H and O–H groups in total. The highest BCUT2D eigenvalue weighted by Gasteiger charge is 2.36. The molecule has 0 spiro atoms. The third-order valence-electron chi connectivity index (χ3n) is 6.26. The molecule has 0 saturated carbocycles. The number of amides is 1. The standard InChI is InChI=1S/C23H26N4O3S2/c28-22(18-7-6-12-27(17-18)32(29,30)19-8-2-1-3-9-19)25-13-15-26(16-14-25)23-24-20-10-4-5-11-21(20)31-23/h1-5,8-11,18H,6-7,12-17H2. The number of hydrogen-bond acceptors (Lipinski definition) is 6. The first-order valence-corrected chi connectivity index (χ1v) is 13.2. The number of benzene rings is 2. The average Bonchev–Trinajstić information content (AvgIpc) is 3.29. The number of thiazole rings is 1. The number of carbonyl (C=O) groups excluding carboxylic acids is 1. The van der Waals surface area contributed by atoms with Crippen LogP contribution in [0.15, 0.2) is 59.5 Å². The van der Waals surface area contributed by atoms with Crippen molar-refractivity contribution in [1.82, 2.24) is 14.2 Å². The van der Waals surface area contributed by atoms with Gasteiger partial charge in [0.15, 0.2) is 5.13 Å². The highest BCUT2D eigenvalue weighted by molar-refractivity contribution is 7.89. The Labute approximate surface area is 192 Å². The lowest BCUT2D eigenvalue weighted by molar-refractivity contribution is -0.137. The Balaban J connectivity index is 1.22. The molecule has 1 atom stereocenters. The highest BCUT2D eigenvalue weighted by Crippen LogP contribution is 2.30. The number of anilines is 1. The van der Waals surface area contributed by atoms with Crippen LogP contribution in [-0.2, 0) is 14.8 Å². The minimum Gasteiger partial charge on any atom is -0.345 e. The molecule has 0 aliphatic carbocycles. The number of nitrogens with zero attached hydrogens (tertiary/aromatic N) is 4. The molecule has 3 heterocycles. The molecular formula is C23H26N4O3S2. The van der Waals surface area contributed by atoms with Crippen molar-refractivity contribution in [1.29, 1.82) is 0 Å². The maximum absolute atomic E-state index is 13.2. The molecule has 9 heteroatoms. The minimum atomic E-state index is -3.57. The van der Waals surface area contributed by atoms with Gasteiger partial charge in [0.1, 0.15) is 0 Å². The molecule has 3 aromatic rings. The van der Waals surface area contributed by atoms with Gasteiger partial charge >= 0.3 is 0 Å². The summed E-state index contributed by atoms with van der Waals surface area (Å²) in [7, 11) is -3.57. The van der Waals surface area contributed by atoms with Crippen molar-refractivity contribution in [2.45, 2.75) is 17.7 Å². The van der Waals surface area contributed by atoms with Crippen LogP contribution in [0, 0.1) is 5.92 Å².